The monoisotopic (exact) mass is 290 g/mol. The third kappa shape index (κ3) is 2.46. The zero-order chi connectivity index (χ0) is 14.3. The highest BCUT2D eigenvalue weighted by Gasteiger charge is 2.25. The van der Waals surface area contributed by atoms with Crippen molar-refractivity contribution in [1.29, 1.82) is 0 Å². The summed E-state index contributed by atoms with van der Waals surface area (Å²) in [6, 6.07) is 7.07. The summed E-state index contributed by atoms with van der Waals surface area (Å²) in [5.41, 5.74) is 3.63. The number of aryl methyl sites for hydroxylation is 1. The molecule has 2 aromatic rings. The highest BCUT2D eigenvalue weighted by atomic mass is 35.5. The van der Waals surface area contributed by atoms with E-state index in [9.17, 15) is 0 Å². The van der Waals surface area contributed by atoms with Gasteiger partial charge in [-0.1, -0.05) is 13.0 Å². The average Bonchev–Trinajstić information content (AvgIpc) is 2.78. The van der Waals surface area contributed by atoms with Gasteiger partial charge in [0.1, 0.15) is 5.82 Å². The van der Waals surface area contributed by atoms with Crippen molar-refractivity contribution in [2.45, 2.75) is 57.9 Å². The second-order valence-electron chi connectivity index (χ2n) is 6.36. The molecule has 0 N–H and O–H groups in total. The van der Waals surface area contributed by atoms with E-state index in [1.165, 1.54) is 36.8 Å². The molecular weight excluding hydrogens is 268 g/mol. The van der Waals surface area contributed by atoms with E-state index in [1.54, 1.807) is 0 Å². The molecular formula is C17H23ClN2. The van der Waals surface area contributed by atoms with Crippen molar-refractivity contribution in [3.05, 3.63) is 29.6 Å². The fourth-order valence-corrected chi connectivity index (χ4v) is 3.54. The summed E-state index contributed by atoms with van der Waals surface area (Å²) in [7, 11) is 0. The van der Waals surface area contributed by atoms with Gasteiger partial charge in [-0.25, -0.2) is 4.98 Å². The molecule has 0 radical (unpaired) electrons. The third-order valence-corrected chi connectivity index (χ3v) is 4.77. The van der Waals surface area contributed by atoms with Gasteiger partial charge < -0.3 is 4.57 Å². The van der Waals surface area contributed by atoms with Crippen LogP contribution in [0.4, 0.5) is 0 Å². The standard InChI is InChI=1S/C17H23ClN2/c1-11-4-7-14(8-5-11)20-16-10-12(2)6-9-15(16)19-17(20)13(3)18/h6,9-11,13-14H,4-5,7-8H2,1-3H3. The van der Waals surface area contributed by atoms with Crippen molar-refractivity contribution in [2.75, 3.05) is 0 Å². The fraction of sp³-hybridized carbons (Fsp3) is 0.588. The molecule has 1 heterocycles. The summed E-state index contributed by atoms with van der Waals surface area (Å²) in [5.74, 6) is 1.89. The van der Waals surface area contributed by atoms with Crippen molar-refractivity contribution in [3.63, 3.8) is 0 Å². The van der Waals surface area contributed by atoms with E-state index in [2.05, 4.69) is 36.6 Å². The number of imidazole rings is 1. The normalized spacial score (nSPS) is 25.0. The first-order valence-electron chi connectivity index (χ1n) is 7.69. The van der Waals surface area contributed by atoms with E-state index in [4.69, 9.17) is 16.6 Å². The molecule has 0 amide bonds. The molecule has 1 aliphatic carbocycles. The molecule has 0 bridgehead atoms. The van der Waals surface area contributed by atoms with Crippen LogP contribution >= 0.6 is 11.6 Å². The van der Waals surface area contributed by atoms with Crippen LogP contribution in [0.2, 0.25) is 0 Å². The minimum absolute atomic E-state index is 0.0398. The maximum absolute atomic E-state index is 6.38. The Morgan fingerprint density at radius 3 is 2.60 bits per heavy atom. The molecule has 3 heteroatoms. The average molecular weight is 291 g/mol. The first-order chi connectivity index (χ1) is 9.56. The van der Waals surface area contributed by atoms with E-state index in [-0.39, 0.29) is 5.38 Å². The molecule has 0 spiro atoms. The van der Waals surface area contributed by atoms with E-state index in [0.717, 1.165) is 17.3 Å². The third-order valence-electron chi connectivity index (χ3n) is 4.58. The SMILES string of the molecule is Cc1ccc2nc(C(C)Cl)n(C3CCC(C)CC3)c2c1. The smallest absolute Gasteiger partial charge is 0.127 e. The van der Waals surface area contributed by atoms with Crippen LogP contribution in [0.25, 0.3) is 11.0 Å². The second-order valence-corrected chi connectivity index (χ2v) is 7.02. The number of rotatable bonds is 2. The molecule has 3 rings (SSSR count). The summed E-state index contributed by atoms with van der Waals surface area (Å²) < 4.78 is 2.42. The van der Waals surface area contributed by atoms with Gasteiger partial charge in [0.05, 0.1) is 16.4 Å². The lowest BCUT2D eigenvalue weighted by atomic mass is 9.87. The molecule has 1 atom stereocenters. The lowest BCUT2D eigenvalue weighted by molar-refractivity contribution is 0.289. The zero-order valence-corrected chi connectivity index (χ0v) is 13.3. The van der Waals surface area contributed by atoms with E-state index >= 15 is 0 Å². The fourth-order valence-electron chi connectivity index (χ4n) is 3.39. The molecule has 0 saturated heterocycles. The molecule has 1 aromatic heterocycles. The summed E-state index contributed by atoms with van der Waals surface area (Å²) in [5, 5.41) is -0.0398. The van der Waals surface area contributed by atoms with E-state index in [0.29, 0.717) is 6.04 Å². The molecule has 108 valence electrons. The van der Waals surface area contributed by atoms with Crippen molar-refractivity contribution < 1.29 is 0 Å². The molecule has 1 unspecified atom stereocenters. The van der Waals surface area contributed by atoms with Crippen molar-refractivity contribution in [2.24, 2.45) is 5.92 Å². The number of alkyl halides is 1. The van der Waals surface area contributed by atoms with Crippen LogP contribution in [0.3, 0.4) is 0 Å². The van der Waals surface area contributed by atoms with Crippen LogP contribution in [0.15, 0.2) is 18.2 Å². The molecule has 1 aromatic carbocycles. The maximum atomic E-state index is 6.38. The Hall–Kier alpha value is -1.02. The molecule has 2 nitrogen and oxygen atoms in total. The number of hydrogen-bond donors (Lipinski definition) is 0. The van der Waals surface area contributed by atoms with Gasteiger partial charge >= 0.3 is 0 Å². The number of aromatic nitrogens is 2. The number of halogens is 1. The van der Waals surface area contributed by atoms with Crippen LogP contribution in [0.5, 0.6) is 0 Å². The Morgan fingerprint density at radius 1 is 1.25 bits per heavy atom. The summed E-state index contributed by atoms with van der Waals surface area (Å²) in [6.07, 6.45) is 5.12. The zero-order valence-electron chi connectivity index (χ0n) is 12.6. The van der Waals surface area contributed by atoms with Gasteiger partial charge in [0, 0.05) is 6.04 Å². The topological polar surface area (TPSA) is 17.8 Å². The van der Waals surface area contributed by atoms with Gasteiger partial charge in [0.15, 0.2) is 0 Å². The summed E-state index contributed by atoms with van der Waals surface area (Å²) >= 11 is 6.38. The number of nitrogens with zero attached hydrogens (tertiary/aromatic N) is 2. The van der Waals surface area contributed by atoms with Crippen molar-refractivity contribution in [3.8, 4) is 0 Å². The van der Waals surface area contributed by atoms with Crippen LogP contribution in [-0.2, 0) is 0 Å². The number of fused-ring (bicyclic) bond motifs is 1. The predicted molar refractivity (Wildman–Crippen MR) is 85.4 cm³/mol. The predicted octanol–water partition coefficient (Wildman–Crippen LogP) is 5.40. The van der Waals surface area contributed by atoms with Gasteiger partial charge in [0.2, 0.25) is 0 Å². The molecule has 0 aliphatic heterocycles. The molecule has 20 heavy (non-hydrogen) atoms. The quantitative estimate of drug-likeness (QED) is 0.678. The van der Waals surface area contributed by atoms with Crippen LogP contribution in [0.1, 0.15) is 62.3 Å². The van der Waals surface area contributed by atoms with Gasteiger partial charge in [-0.3, -0.25) is 0 Å². The minimum Gasteiger partial charge on any atom is -0.324 e. The van der Waals surface area contributed by atoms with Gasteiger partial charge in [-0.15, -0.1) is 11.6 Å². The van der Waals surface area contributed by atoms with E-state index < -0.39 is 0 Å². The lowest BCUT2D eigenvalue weighted by Crippen LogP contribution is -2.19. The number of benzene rings is 1. The molecule has 1 saturated carbocycles. The lowest BCUT2D eigenvalue weighted by Gasteiger charge is -2.29. The minimum atomic E-state index is -0.0398. The first kappa shape index (κ1) is 13.9. The highest BCUT2D eigenvalue weighted by molar-refractivity contribution is 6.20. The molecule has 1 fully saturated rings. The maximum Gasteiger partial charge on any atom is 0.127 e. The Labute approximate surface area is 126 Å². The van der Waals surface area contributed by atoms with Gasteiger partial charge in [0.25, 0.3) is 0 Å². The van der Waals surface area contributed by atoms with Crippen LogP contribution in [0, 0.1) is 12.8 Å². The summed E-state index contributed by atoms with van der Waals surface area (Å²) in [6.45, 7) is 6.53. The van der Waals surface area contributed by atoms with Crippen molar-refractivity contribution >= 4 is 22.6 Å². The van der Waals surface area contributed by atoms with E-state index in [1.807, 2.05) is 6.92 Å². The summed E-state index contributed by atoms with van der Waals surface area (Å²) in [4.78, 5) is 4.78. The number of hydrogen-bond acceptors (Lipinski definition) is 1. The van der Waals surface area contributed by atoms with Gasteiger partial charge in [-0.05, 0) is 63.1 Å². The second kappa shape index (κ2) is 5.40. The molecule has 1 aliphatic rings. The van der Waals surface area contributed by atoms with Crippen molar-refractivity contribution in [1.82, 2.24) is 9.55 Å². The van der Waals surface area contributed by atoms with Crippen LogP contribution < -0.4 is 0 Å². The highest BCUT2D eigenvalue weighted by Crippen LogP contribution is 2.37. The Balaban J connectivity index is 2.10. The van der Waals surface area contributed by atoms with Crippen LogP contribution in [-0.4, -0.2) is 9.55 Å². The van der Waals surface area contributed by atoms with Gasteiger partial charge in [-0.2, -0.15) is 0 Å². The Bertz CT molecular complexity index is 607. The Kier molecular flexibility index (Phi) is 3.76. The largest absolute Gasteiger partial charge is 0.324 e. The Morgan fingerprint density at radius 2 is 1.95 bits per heavy atom. The first-order valence-corrected chi connectivity index (χ1v) is 8.12.